The first-order valence-electron chi connectivity index (χ1n) is 8.19. The van der Waals surface area contributed by atoms with Crippen LogP contribution < -0.4 is 5.73 Å². The Labute approximate surface area is 138 Å². The van der Waals surface area contributed by atoms with Crippen LogP contribution in [0.2, 0.25) is 0 Å². The minimum Gasteiger partial charge on any atom is -0.342 e. The Morgan fingerprint density at radius 1 is 1.41 bits per heavy atom. The Hall–Kier alpha value is -1.07. The molecule has 3 rings (SSSR count). The summed E-state index contributed by atoms with van der Waals surface area (Å²) in [6.07, 6.45) is 5.47. The van der Waals surface area contributed by atoms with Gasteiger partial charge in [-0.3, -0.25) is 9.89 Å². The lowest BCUT2D eigenvalue weighted by molar-refractivity contribution is -0.137. The normalized spacial score (nSPS) is 28.5. The molecule has 1 amide bonds. The summed E-state index contributed by atoms with van der Waals surface area (Å²) >= 11 is 0. The number of carbonyl (C=O) groups excluding carboxylic acids is 1. The summed E-state index contributed by atoms with van der Waals surface area (Å²) in [5.41, 5.74) is 8.02. The number of nitrogens with one attached hydrogen (secondary N) is 1. The van der Waals surface area contributed by atoms with Crippen molar-refractivity contribution in [3.8, 4) is 0 Å². The third-order valence-corrected chi connectivity index (χ3v) is 5.16. The lowest BCUT2D eigenvalue weighted by Gasteiger charge is -2.34. The maximum absolute atomic E-state index is 12.8. The van der Waals surface area contributed by atoms with Gasteiger partial charge < -0.3 is 10.6 Å². The van der Waals surface area contributed by atoms with Crippen LogP contribution >= 0.6 is 12.4 Å². The first-order chi connectivity index (χ1) is 10.2. The number of amides is 1. The van der Waals surface area contributed by atoms with Crippen LogP contribution in [0.5, 0.6) is 0 Å². The lowest BCUT2D eigenvalue weighted by atomic mass is 9.90. The van der Waals surface area contributed by atoms with Crippen LogP contribution in [0.1, 0.15) is 49.4 Å². The van der Waals surface area contributed by atoms with Crippen molar-refractivity contribution in [1.29, 1.82) is 0 Å². The topological polar surface area (TPSA) is 75.0 Å². The second kappa shape index (κ2) is 7.47. The minimum atomic E-state index is 0. The Balaban J connectivity index is 0.00000176. The average Bonchev–Trinajstić information content (AvgIpc) is 3.15. The Kier molecular flexibility index (Phi) is 5.87. The number of halogens is 1. The van der Waals surface area contributed by atoms with Gasteiger partial charge in [0.1, 0.15) is 0 Å². The van der Waals surface area contributed by atoms with Crippen molar-refractivity contribution >= 4 is 18.3 Å². The van der Waals surface area contributed by atoms with Gasteiger partial charge in [0.05, 0.1) is 5.69 Å². The molecule has 6 heteroatoms. The van der Waals surface area contributed by atoms with Gasteiger partial charge >= 0.3 is 0 Å². The number of H-pyrrole nitrogens is 1. The number of carbonyl (C=O) groups is 1. The van der Waals surface area contributed by atoms with Crippen molar-refractivity contribution in [2.75, 3.05) is 19.6 Å². The molecule has 1 aromatic heterocycles. The van der Waals surface area contributed by atoms with E-state index in [-0.39, 0.29) is 18.3 Å². The third-order valence-electron chi connectivity index (χ3n) is 5.16. The molecular formula is C16H27ClN4O. The molecule has 1 saturated heterocycles. The molecule has 1 saturated carbocycles. The van der Waals surface area contributed by atoms with Gasteiger partial charge in [-0.2, -0.15) is 5.10 Å². The number of nitrogens with zero attached hydrogens (tertiary/aromatic N) is 2. The molecule has 0 radical (unpaired) electrons. The van der Waals surface area contributed by atoms with E-state index in [1.54, 1.807) is 0 Å². The molecule has 5 nitrogen and oxygen atoms in total. The zero-order chi connectivity index (χ0) is 14.8. The quantitative estimate of drug-likeness (QED) is 0.894. The van der Waals surface area contributed by atoms with Crippen molar-refractivity contribution < 1.29 is 4.79 Å². The number of aromatic nitrogens is 2. The van der Waals surface area contributed by atoms with Gasteiger partial charge in [0.15, 0.2) is 0 Å². The van der Waals surface area contributed by atoms with Crippen LogP contribution in [0.25, 0.3) is 0 Å². The fraction of sp³-hybridized carbons (Fsp3) is 0.750. The number of rotatable bonds is 3. The fourth-order valence-corrected chi connectivity index (χ4v) is 3.95. The van der Waals surface area contributed by atoms with E-state index in [0.29, 0.717) is 24.3 Å². The van der Waals surface area contributed by atoms with E-state index >= 15 is 0 Å². The number of hydrogen-bond acceptors (Lipinski definition) is 3. The van der Waals surface area contributed by atoms with E-state index in [1.165, 1.54) is 0 Å². The second-order valence-electron chi connectivity index (χ2n) is 6.63. The highest BCUT2D eigenvalue weighted by atomic mass is 35.5. The summed E-state index contributed by atoms with van der Waals surface area (Å²) in [6.45, 7) is 4.38. The maximum atomic E-state index is 12.8. The summed E-state index contributed by atoms with van der Waals surface area (Å²) in [6, 6.07) is 2.11. The molecule has 2 fully saturated rings. The fourth-order valence-electron chi connectivity index (χ4n) is 3.95. The summed E-state index contributed by atoms with van der Waals surface area (Å²) < 4.78 is 0. The van der Waals surface area contributed by atoms with Gasteiger partial charge in [0, 0.05) is 30.6 Å². The highest BCUT2D eigenvalue weighted by molar-refractivity contribution is 5.85. The number of piperidine rings is 1. The minimum absolute atomic E-state index is 0. The Bertz CT molecular complexity index is 504. The highest BCUT2D eigenvalue weighted by Crippen LogP contribution is 2.34. The average molecular weight is 327 g/mol. The summed E-state index contributed by atoms with van der Waals surface area (Å²) in [4.78, 5) is 14.9. The number of nitrogens with two attached hydrogens (primary N) is 1. The largest absolute Gasteiger partial charge is 0.342 e. The molecule has 124 valence electrons. The highest BCUT2D eigenvalue weighted by Gasteiger charge is 2.36. The maximum Gasteiger partial charge on any atom is 0.226 e. The predicted octanol–water partition coefficient (Wildman–Crippen LogP) is 2.22. The van der Waals surface area contributed by atoms with E-state index in [2.05, 4.69) is 21.2 Å². The van der Waals surface area contributed by atoms with Crippen LogP contribution in [0.4, 0.5) is 0 Å². The lowest BCUT2D eigenvalue weighted by Crippen LogP contribution is -2.44. The molecule has 1 aliphatic heterocycles. The first-order valence-corrected chi connectivity index (χ1v) is 8.19. The van der Waals surface area contributed by atoms with Crippen molar-refractivity contribution in [3.63, 3.8) is 0 Å². The van der Waals surface area contributed by atoms with Gasteiger partial charge in [-0.15, -0.1) is 12.4 Å². The van der Waals surface area contributed by atoms with Crippen LogP contribution in [0.15, 0.2) is 6.07 Å². The van der Waals surface area contributed by atoms with Crippen LogP contribution in [0, 0.1) is 18.8 Å². The standard InChI is InChI=1S/C16H26N4O.ClH/c1-11-8-15(19-18-11)13-5-3-7-20(10-13)16(21)14-6-2-4-12(14)9-17;/h8,12-14H,2-7,9-10,17H2,1H3,(H,18,19);1H/t12-,13?,14-;/m1./s1. The Morgan fingerprint density at radius 2 is 2.23 bits per heavy atom. The van der Waals surface area contributed by atoms with Crippen molar-refractivity contribution in [1.82, 2.24) is 15.1 Å². The molecule has 1 unspecified atom stereocenters. The van der Waals surface area contributed by atoms with Gasteiger partial charge in [-0.1, -0.05) is 6.42 Å². The number of aryl methyl sites for hydroxylation is 1. The molecule has 3 N–H and O–H groups in total. The molecule has 0 bridgehead atoms. The van der Waals surface area contributed by atoms with E-state index in [0.717, 1.165) is 56.6 Å². The number of hydrogen-bond donors (Lipinski definition) is 2. The molecule has 2 heterocycles. The molecule has 1 aromatic rings. The van der Waals surface area contributed by atoms with Crippen LogP contribution in [-0.2, 0) is 4.79 Å². The SMILES string of the molecule is Cc1cc(C2CCCN(C(=O)[C@@H]3CCC[C@@H]3CN)C2)n[nH]1.Cl. The van der Waals surface area contributed by atoms with Crippen molar-refractivity contribution in [3.05, 3.63) is 17.5 Å². The van der Waals surface area contributed by atoms with E-state index in [9.17, 15) is 4.79 Å². The second-order valence-corrected chi connectivity index (χ2v) is 6.63. The van der Waals surface area contributed by atoms with Gasteiger partial charge in [-0.05, 0) is 51.1 Å². The zero-order valence-corrected chi connectivity index (χ0v) is 14.1. The molecule has 22 heavy (non-hydrogen) atoms. The summed E-state index contributed by atoms with van der Waals surface area (Å²) in [5.74, 6) is 1.27. The molecule has 3 atom stereocenters. The van der Waals surface area contributed by atoms with E-state index in [1.807, 2.05) is 6.92 Å². The smallest absolute Gasteiger partial charge is 0.226 e. The predicted molar refractivity (Wildman–Crippen MR) is 89.0 cm³/mol. The van der Waals surface area contributed by atoms with Gasteiger partial charge in [0.25, 0.3) is 0 Å². The summed E-state index contributed by atoms with van der Waals surface area (Å²) in [7, 11) is 0. The van der Waals surface area contributed by atoms with Crippen LogP contribution in [-0.4, -0.2) is 40.6 Å². The summed E-state index contributed by atoms with van der Waals surface area (Å²) in [5, 5.41) is 7.39. The van der Waals surface area contributed by atoms with Crippen molar-refractivity contribution in [2.24, 2.45) is 17.6 Å². The third kappa shape index (κ3) is 3.46. The monoisotopic (exact) mass is 326 g/mol. The number of likely N-dealkylation sites (tertiary alicyclic amines) is 1. The van der Waals surface area contributed by atoms with Crippen molar-refractivity contribution in [2.45, 2.75) is 44.9 Å². The molecule has 2 aliphatic rings. The molecular weight excluding hydrogens is 300 g/mol. The van der Waals surface area contributed by atoms with Gasteiger partial charge in [-0.25, -0.2) is 0 Å². The van der Waals surface area contributed by atoms with Gasteiger partial charge in [0.2, 0.25) is 5.91 Å². The number of aromatic amines is 1. The zero-order valence-electron chi connectivity index (χ0n) is 13.3. The molecule has 0 spiro atoms. The molecule has 1 aliphatic carbocycles. The Morgan fingerprint density at radius 3 is 2.91 bits per heavy atom. The van der Waals surface area contributed by atoms with E-state index < -0.39 is 0 Å². The van der Waals surface area contributed by atoms with Crippen LogP contribution in [0.3, 0.4) is 0 Å². The molecule has 0 aromatic carbocycles. The first kappa shape index (κ1) is 17.3. The van der Waals surface area contributed by atoms with E-state index in [4.69, 9.17) is 5.73 Å².